The summed E-state index contributed by atoms with van der Waals surface area (Å²) in [6.45, 7) is 2.05. The molecule has 3 rings (SSSR count). The fourth-order valence-corrected chi connectivity index (χ4v) is 2.44. The van der Waals surface area contributed by atoms with Gasteiger partial charge in [-0.15, -0.1) is 0 Å². The summed E-state index contributed by atoms with van der Waals surface area (Å²) in [5.74, 6) is 0.387. The van der Waals surface area contributed by atoms with Crippen LogP contribution in [0, 0.1) is 12.7 Å². The van der Waals surface area contributed by atoms with Crippen molar-refractivity contribution in [2.45, 2.75) is 6.92 Å². The standard InChI is InChI=1S/C15H11FN2S/c1-10-2-4-12(5-3-10)15-17-14(18-19-15)11-6-8-13(16)9-7-11/h2-9H,1H3. The van der Waals surface area contributed by atoms with Gasteiger partial charge in [0.1, 0.15) is 10.8 Å². The number of hydrogen-bond acceptors (Lipinski definition) is 3. The summed E-state index contributed by atoms with van der Waals surface area (Å²) in [5.41, 5.74) is 3.10. The van der Waals surface area contributed by atoms with Crippen molar-refractivity contribution in [2.24, 2.45) is 0 Å². The van der Waals surface area contributed by atoms with E-state index >= 15 is 0 Å². The van der Waals surface area contributed by atoms with E-state index in [0.29, 0.717) is 5.82 Å². The van der Waals surface area contributed by atoms with Gasteiger partial charge in [0, 0.05) is 11.1 Å². The lowest BCUT2D eigenvalue weighted by molar-refractivity contribution is 0.628. The Bertz CT molecular complexity index is 627. The van der Waals surface area contributed by atoms with Crippen LogP contribution in [0.2, 0.25) is 0 Å². The number of hydrogen-bond donors (Lipinski definition) is 0. The van der Waals surface area contributed by atoms with E-state index in [1.165, 1.54) is 29.2 Å². The predicted octanol–water partition coefficient (Wildman–Crippen LogP) is 4.32. The minimum absolute atomic E-state index is 0.252. The molecule has 0 fully saturated rings. The average Bonchev–Trinajstić information content (AvgIpc) is 2.90. The molecule has 0 aliphatic rings. The van der Waals surface area contributed by atoms with E-state index in [-0.39, 0.29) is 5.82 Å². The van der Waals surface area contributed by atoms with Gasteiger partial charge in [0.05, 0.1) is 0 Å². The van der Waals surface area contributed by atoms with Crippen molar-refractivity contribution in [1.82, 2.24) is 9.36 Å². The van der Waals surface area contributed by atoms with Gasteiger partial charge < -0.3 is 0 Å². The van der Waals surface area contributed by atoms with Gasteiger partial charge in [0.2, 0.25) is 0 Å². The zero-order chi connectivity index (χ0) is 13.2. The van der Waals surface area contributed by atoms with Crippen LogP contribution in [0.5, 0.6) is 0 Å². The highest BCUT2D eigenvalue weighted by atomic mass is 32.1. The number of benzene rings is 2. The molecule has 0 saturated heterocycles. The van der Waals surface area contributed by atoms with Crippen LogP contribution in [-0.2, 0) is 0 Å². The Hall–Kier alpha value is -2.07. The minimum atomic E-state index is -0.252. The monoisotopic (exact) mass is 270 g/mol. The van der Waals surface area contributed by atoms with Gasteiger partial charge in [-0.25, -0.2) is 9.37 Å². The summed E-state index contributed by atoms with van der Waals surface area (Å²) < 4.78 is 17.2. The summed E-state index contributed by atoms with van der Waals surface area (Å²) in [4.78, 5) is 4.50. The number of aryl methyl sites for hydroxylation is 1. The van der Waals surface area contributed by atoms with E-state index in [0.717, 1.165) is 16.1 Å². The van der Waals surface area contributed by atoms with Crippen molar-refractivity contribution in [3.8, 4) is 22.0 Å². The molecular weight excluding hydrogens is 259 g/mol. The summed E-state index contributed by atoms with van der Waals surface area (Å²) in [6.07, 6.45) is 0. The van der Waals surface area contributed by atoms with E-state index in [9.17, 15) is 4.39 Å². The quantitative estimate of drug-likeness (QED) is 0.693. The van der Waals surface area contributed by atoms with Crippen LogP contribution < -0.4 is 0 Å². The zero-order valence-corrected chi connectivity index (χ0v) is 11.1. The molecule has 0 atom stereocenters. The highest BCUT2D eigenvalue weighted by molar-refractivity contribution is 7.09. The van der Waals surface area contributed by atoms with Crippen molar-refractivity contribution in [2.75, 3.05) is 0 Å². The molecule has 2 aromatic carbocycles. The van der Waals surface area contributed by atoms with Crippen molar-refractivity contribution in [3.05, 3.63) is 59.9 Å². The van der Waals surface area contributed by atoms with Crippen molar-refractivity contribution >= 4 is 11.5 Å². The fourth-order valence-electron chi connectivity index (χ4n) is 1.75. The van der Waals surface area contributed by atoms with Gasteiger partial charge >= 0.3 is 0 Å². The maximum atomic E-state index is 12.9. The maximum Gasteiger partial charge on any atom is 0.173 e. The molecule has 2 nitrogen and oxygen atoms in total. The Kier molecular flexibility index (Phi) is 3.09. The molecule has 0 unspecified atom stereocenters. The summed E-state index contributed by atoms with van der Waals surface area (Å²) in [6, 6.07) is 14.4. The highest BCUT2D eigenvalue weighted by Gasteiger charge is 2.08. The molecule has 0 N–H and O–H groups in total. The first kappa shape index (κ1) is 12.0. The number of halogens is 1. The smallest absolute Gasteiger partial charge is 0.173 e. The SMILES string of the molecule is Cc1ccc(-c2nc(-c3ccc(F)cc3)ns2)cc1. The summed E-state index contributed by atoms with van der Waals surface area (Å²) >= 11 is 1.35. The maximum absolute atomic E-state index is 12.9. The Morgan fingerprint density at radius 2 is 1.53 bits per heavy atom. The van der Waals surface area contributed by atoms with Gasteiger partial charge in [0.25, 0.3) is 0 Å². The lowest BCUT2D eigenvalue weighted by atomic mass is 10.1. The van der Waals surface area contributed by atoms with E-state index in [4.69, 9.17) is 0 Å². The van der Waals surface area contributed by atoms with Gasteiger partial charge in [-0.3, -0.25) is 0 Å². The van der Waals surface area contributed by atoms with Crippen LogP contribution in [-0.4, -0.2) is 9.36 Å². The van der Waals surface area contributed by atoms with Crippen LogP contribution in [0.25, 0.3) is 22.0 Å². The third kappa shape index (κ3) is 2.53. The topological polar surface area (TPSA) is 25.8 Å². The zero-order valence-electron chi connectivity index (χ0n) is 10.3. The molecule has 0 saturated carbocycles. The molecule has 1 heterocycles. The van der Waals surface area contributed by atoms with Crippen molar-refractivity contribution in [1.29, 1.82) is 0 Å². The van der Waals surface area contributed by atoms with Gasteiger partial charge in [-0.05, 0) is 42.7 Å². The molecular formula is C15H11FN2S. The van der Waals surface area contributed by atoms with Crippen LogP contribution >= 0.6 is 11.5 Å². The second-order valence-electron chi connectivity index (χ2n) is 4.30. The Morgan fingerprint density at radius 3 is 2.21 bits per heavy atom. The molecule has 3 aromatic rings. The second kappa shape index (κ2) is 4.90. The molecule has 0 radical (unpaired) electrons. The van der Waals surface area contributed by atoms with Crippen LogP contribution in [0.4, 0.5) is 4.39 Å². The van der Waals surface area contributed by atoms with E-state index in [1.807, 2.05) is 31.2 Å². The van der Waals surface area contributed by atoms with E-state index in [1.54, 1.807) is 12.1 Å². The van der Waals surface area contributed by atoms with E-state index < -0.39 is 0 Å². The molecule has 0 spiro atoms. The Balaban J connectivity index is 1.95. The third-order valence-corrected chi connectivity index (χ3v) is 3.59. The summed E-state index contributed by atoms with van der Waals surface area (Å²) in [5, 5.41) is 0.874. The number of rotatable bonds is 2. The van der Waals surface area contributed by atoms with Crippen LogP contribution in [0.1, 0.15) is 5.56 Å². The molecule has 1 aromatic heterocycles. The average molecular weight is 270 g/mol. The lowest BCUT2D eigenvalue weighted by Crippen LogP contribution is -1.82. The first-order valence-electron chi connectivity index (χ1n) is 5.89. The molecule has 0 aliphatic heterocycles. The first-order chi connectivity index (χ1) is 9.22. The van der Waals surface area contributed by atoms with Gasteiger partial charge in [-0.2, -0.15) is 4.37 Å². The summed E-state index contributed by atoms with van der Waals surface area (Å²) in [7, 11) is 0. The van der Waals surface area contributed by atoms with Crippen molar-refractivity contribution < 1.29 is 4.39 Å². The fraction of sp³-hybridized carbons (Fsp3) is 0.0667. The van der Waals surface area contributed by atoms with Crippen molar-refractivity contribution in [3.63, 3.8) is 0 Å². The molecule has 19 heavy (non-hydrogen) atoms. The van der Waals surface area contributed by atoms with E-state index in [2.05, 4.69) is 9.36 Å². The first-order valence-corrected chi connectivity index (χ1v) is 6.66. The number of aromatic nitrogens is 2. The predicted molar refractivity (Wildman–Crippen MR) is 75.5 cm³/mol. The molecule has 4 heteroatoms. The lowest BCUT2D eigenvalue weighted by Gasteiger charge is -1.96. The molecule has 94 valence electrons. The molecule has 0 amide bonds. The molecule has 0 aliphatic carbocycles. The largest absolute Gasteiger partial charge is 0.215 e. The normalized spacial score (nSPS) is 10.6. The van der Waals surface area contributed by atoms with Gasteiger partial charge in [-0.1, -0.05) is 29.8 Å². The van der Waals surface area contributed by atoms with Gasteiger partial charge in [0.15, 0.2) is 5.82 Å². The van der Waals surface area contributed by atoms with Crippen LogP contribution in [0.15, 0.2) is 48.5 Å². The minimum Gasteiger partial charge on any atom is -0.215 e. The molecule has 0 bridgehead atoms. The number of nitrogens with zero attached hydrogens (tertiary/aromatic N) is 2. The van der Waals surface area contributed by atoms with Crippen LogP contribution in [0.3, 0.4) is 0 Å². The third-order valence-electron chi connectivity index (χ3n) is 2.83. The second-order valence-corrected chi connectivity index (χ2v) is 5.05. The highest BCUT2D eigenvalue weighted by Crippen LogP contribution is 2.26. The Labute approximate surface area is 114 Å². The Morgan fingerprint density at radius 1 is 0.895 bits per heavy atom.